The van der Waals surface area contributed by atoms with Crippen molar-refractivity contribution in [2.75, 3.05) is 5.32 Å². The van der Waals surface area contributed by atoms with E-state index in [9.17, 15) is 9.59 Å². The van der Waals surface area contributed by atoms with E-state index in [1.54, 1.807) is 12.1 Å². The number of hydrogen-bond donors (Lipinski definition) is 3. The van der Waals surface area contributed by atoms with Crippen LogP contribution in [0.3, 0.4) is 0 Å². The van der Waals surface area contributed by atoms with Crippen LogP contribution >= 0.6 is 0 Å². The molecule has 17 heavy (non-hydrogen) atoms. The first kappa shape index (κ1) is 13.0. The number of aromatic hydroxyl groups is 1. The molecule has 0 radical (unpaired) electrons. The van der Waals surface area contributed by atoms with E-state index in [2.05, 4.69) is 5.32 Å². The van der Waals surface area contributed by atoms with Gasteiger partial charge in [0.05, 0.1) is 5.41 Å². The Bertz CT molecular complexity index is 423. The monoisotopic (exact) mass is 237 g/mol. The van der Waals surface area contributed by atoms with Crippen LogP contribution in [0, 0.1) is 5.41 Å². The van der Waals surface area contributed by atoms with Crippen LogP contribution in [0.2, 0.25) is 0 Å². The SMILES string of the molecule is CC(C)(CC(=O)Nc1ccc(O)cc1)C(=O)O. The first-order valence-electron chi connectivity index (χ1n) is 5.13. The largest absolute Gasteiger partial charge is 0.508 e. The van der Waals surface area contributed by atoms with Gasteiger partial charge in [0.15, 0.2) is 0 Å². The number of carboxylic acids is 1. The second kappa shape index (κ2) is 4.86. The van der Waals surface area contributed by atoms with Gasteiger partial charge < -0.3 is 15.5 Å². The molecule has 0 spiro atoms. The Kier molecular flexibility index (Phi) is 3.73. The number of aliphatic carboxylic acids is 1. The fourth-order valence-electron chi connectivity index (χ4n) is 1.23. The third-order valence-electron chi connectivity index (χ3n) is 2.33. The van der Waals surface area contributed by atoms with E-state index in [0.717, 1.165) is 0 Å². The number of anilines is 1. The molecule has 0 fully saturated rings. The van der Waals surface area contributed by atoms with Crippen molar-refractivity contribution >= 4 is 17.6 Å². The predicted molar refractivity (Wildman–Crippen MR) is 62.8 cm³/mol. The van der Waals surface area contributed by atoms with Crippen molar-refractivity contribution in [3.05, 3.63) is 24.3 Å². The van der Waals surface area contributed by atoms with Crippen molar-refractivity contribution in [3.63, 3.8) is 0 Å². The van der Waals surface area contributed by atoms with Crippen molar-refractivity contribution < 1.29 is 19.8 Å². The zero-order valence-electron chi connectivity index (χ0n) is 9.73. The quantitative estimate of drug-likeness (QED) is 0.697. The molecule has 0 aliphatic rings. The molecule has 92 valence electrons. The summed E-state index contributed by atoms with van der Waals surface area (Å²) in [5.74, 6) is -1.28. The van der Waals surface area contributed by atoms with E-state index in [0.29, 0.717) is 5.69 Å². The Morgan fingerprint density at radius 3 is 2.24 bits per heavy atom. The van der Waals surface area contributed by atoms with Crippen molar-refractivity contribution in [1.29, 1.82) is 0 Å². The van der Waals surface area contributed by atoms with Crippen molar-refractivity contribution in [1.82, 2.24) is 0 Å². The Labute approximate surface area is 99.1 Å². The lowest BCUT2D eigenvalue weighted by Gasteiger charge is -2.18. The van der Waals surface area contributed by atoms with E-state index >= 15 is 0 Å². The maximum atomic E-state index is 11.6. The summed E-state index contributed by atoms with van der Waals surface area (Å²) < 4.78 is 0. The van der Waals surface area contributed by atoms with Crippen LogP contribution < -0.4 is 5.32 Å². The summed E-state index contributed by atoms with van der Waals surface area (Å²) in [5, 5.41) is 20.5. The van der Waals surface area contributed by atoms with Gasteiger partial charge in [-0.3, -0.25) is 9.59 Å². The minimum Gasteiger partial charge on any atom is -0.508 e. The standard InChI is InChI=1S/C12H15NO4/c1-12(2,11(16)17)7-10(15)13-8-3-5-9(14)6-4-8/h3-6,14H,7H2,1-2H3,(H,13,15)(H,16,17). The van der Waals surface area contributed by atoms with Gasteiger partial charge in [0.25, 0.3) is 0 Å². The van der Waals surface area contributed by atoms with E-state index in [-0.39, 0.29) is 18.1 Å². The average Bonchev–Trinajstić information content (AvgIpc) is 2.20. The molecule has 0 aromatic heterocycles. The van der Waals surface area contributed by atoms with Gasteiger partial charge >= 0.3 is 5.97 Å². The second-order valence-corrected chi connectivity index (χ2v) is 4.46. The molecular formula is C12H15NO4. The molecule has 0 unspecified atom stereocenters. The molecule has 0 atom stereocenters. The molecule has 5 nitrogen and oxygen atoms in total. The number of phenolic OH excluding ortho intramolecular Hbond substituents is 1. The summed E-state index contributed by atoms with van der Waals surface area (Å²) in [4.78, 5) is 22.4. The Hall–Kier alpha value is -2.04. The summed E-state index contributed by atoms with van der Waals surface area (Å²) in [7, 11) is 0. The Morgan fingerprint density at radius 2 is 1.76 bits per heavy atom. The van der Waals surface area contributed by atoms with Gasteiger partial charge in [-0.25, -0.2) is 0 Å². The van der Waals surface area contributed by atoms with E-state index in [1.165, 1.54) is 26.0 Å². The summed E-state index contributed by atoms with van der Waals surface area (Å²) in [6.07, 6.45) is -0.108. The molecule has 0 bridgehead atoms. The highest BCUT2D eigenvalue weighted by Crippen LogP contribution is 2.21. The van der Waals surface area contributed by atoms with E-state index in [1.807, 2.05) is 0 Å². The van der Waals surface area contributed by atoms with E-state index < -0.39 is 11.4 Å². The molecule has 1 aromatic rings. The molecule has 5 heteroatoms. The summed E-state index contributed by atoms with van der Waals surface area (Å²) in [6.45, 7) is 2.98. The van der Waals surface area contributed by atoms with Gasteiger partial charge in [-0.05, 0) is 38.1 Å². The number of amides is 1. The van der Waals surface area contributed by atoms with Crippen molar-refractivity contribution in [3.8, 4) is 5.75 Å². The van der Waals surface area contributed by atoms with Crippen LogP contribution in [0.5, 0.6) is 5.75 Å². The molecule has 3 N–H and O–H groups in total. The minimum atomic E-state index is -1.10. The van der Waals surface area contributed by atoms with Gasteiger partial charge in [-0.15, -0.1) is 0 Å². The lowest BCUT2D eigenvalue weighted by molar-refractivity contribution is -0.148. The Morgan fingerprint density at radius 1 is 1.24 bits per heavy atom. The summed E-state index contributed by atoms with van der Waals surface area (Å²) >= 11 is 0. The zero-order valence-corrected chi connectivity index (χ0v) is 9.73. The predicted octanol–water partition coefficient (Wildman–Crippen LogP) is 1.83. The van der Waals surface area contributed by atoms with Crippen molar-refractivity contribution in [2.24, 2.45) is 5.41 Å². The van der Waals surface area contributed by atoms with Crippen LogP contribution in [-0.4, -0.2) is 22.1 Å². The number of carbonyl (C=O) groups excluding carboxylic acids is 1. The average molecular weight is 237 g/mol. The normalized spacial score (nSPS) is 10.9. The van der Waals surface area contributed by atoms with Gasteiger partial charge in [-0.1, -0.05) is 0 Å². The molecule has 1 aromatic carbocycles. The van der Waals surface area contributed by atoms with Crippen LogP contribution in [0.4, 0.5) is 5.69 Å². The molecule has 0 saturated heterocycles. The molecule has 0 aliphatic carbocycles. The van der Waals surface area contributed by atoms with Crippen molar-refractivity contribution in [2.45, 2.75) is 20.3 Å². The number of phenols is 1. The highest BCUT2D eigenvalue weighted by atomic mass is 16.4. The molecular weight excluding hydrogens is 222 g/mol. The third-order valence-corrected chi connectivity index (χ3v) is 2.33. The van der Waals surface area contributed by atoms with Gasteiger partial charge in [-0.2, -0.15) is 0 Å². The molecule has 0 heterocycles. The maximum absolute atomic E-state index is 11.6. The highest BCUT2D eigenvalue weighted by molar-refractivity contribution is 5.94. The summed E-state index contributed by atoms with van der Waals surface area (Å²) in [6, 6.07) is 5.97. The summed E-state index contributed by atoms with van der Waals surface area (Å²) in [5.41, 5.74) is -0.574. The zero-order chi connectivity index (χ0) is 13.1. The van der Waals surface area contributed by atoms with Crippen LogP contribution in [0.25, 0.3) is 0 Å². The molecule has 0 aliphatic heterocycles. The van der Waals surface area contributed by atoms with Crippen LogP contribution in [0.1, 0.15) is 20.3 Å². The number of carboxylic acid groups (broad SMARTS) is 1. The molecule has 1 amide bonds. The maximum Gasteiger partial charge on any atom is 0.309 e. The Balaban J connectivity index is 2.62. The second-order valence-electron chi connectivity index (χ2n) is 4.46. The third kappa shape index (κ3) is 3.79. The minimum absolute atomic E-state index is 0.105. The van der Waals surface area contributed by atoms with Gasteiger partial charge in [0.1, 0.15) is 5.75 Å². The van der Waals surface area contributed by atoms with Gasteiger partial charge in [0.2, 0.25) is 5.91 Å². The number of benzene rings is 1. The van der Waals surface area contributed by atoms with Crippen LogP contribution in [-0.2, 0) is 9.59 Å². The lowest BCUT2D eigenvalue weighted by Crippen LogP contribution is -2.29. The number of nitrogens with one attached hydrogen (secondary N) is 1. The van der Waals surface area contributed by atoms with Gasteiger partial charge in [0, 0.05) is 12.1 Å². The highest BCUT2D eigenvalue weighted by Gasteiger charge is 2.30. The fourth-order valence-corrected chi connectivity index (χ4v) is 1.23. The smallest absolute Gasteiger partial charge is 0.309 e. The topological polar surface area (TPSA) is 86.6 Å². The number of carbonyl (C=O) groups is 2. The number of hydrogen-bond acceptors (Lipinski definition) is 3. The lowest BCUT2D eigenvalue weighted by atomic mass is 9.89. The molecule has 0 saturated carbocycles. The van der Waals surface area contributed by atoms with E-state index in [4.69, 9.17) is 10.2 Å². The number of rotatable bonds is 4. The fraction of sp³-hybridized carbons (Fsp3) is 0.333. The first-order chi connectivity index (χ1) is 7.81. The van der Waals surface area contributed by atoms with Crippen LogP contribution in [0.15, 0.2) is 24.3 Å². The molecule has 1 rings (SSSR count). The first-order valence-corrected chi connectivity index (χ1v) is 5.13.